The second-order valence-corrected chi connectivity index (χ2v) is 5.58. The van der Waals surface area contributed by atoms with Crippen LogP contribution >= 0.6 is 22.7 Å². The highest BCUT2D eigenvalue weighted by atomic mass is 32.1. The smallest absolute Gasteiger partial charge is 0.325 e. The van der Waals surface area contributed by atoms with Gasteiger partial charge in [-0.15, -0.1) is 11.3 Å². The van der Waals surface area contributed by atoms with Crippen molar-refractivity contribution in [3.05, 3.63) is 27.9 Å². The molecule has 5 nitrogen and oxygen atoms in total. The molecule has 0 radical (unpaired) electrons. The molecule has 0 atom stereocenters. The van der Waals surface area contributed by atoms with E-state index in [0.717, 1.165) is 10.6 Å². The van der Waals surface area contributed by atoms with Gasteiger partial charge in [0.15, 0.2) is 0 Å². The van der Waals surface area contributed by atoms with Crippen LogP contribution in [0.1, 0.15) is 17.4 Å². The van der Waals surface area contributed by atoms with Gasteiger partial charge in [-0.3, -0.25) is 9.59 Å². The van der Waals surface area contributed by atoms with E-state index in [1.807, 2.05) is 23.8 Å². The largest absolute Gasteiger partial charge is 0.468 e. The monoisotopic (exact) mass is 310 g/mol. The van der Waals surface area contributed by atoms with Gasteiger partial charge >= 0.3 is 5.97 Å². The van der Waals surface area contributed by atoms with Gasteiger partial charge in [0.2, 0.25) is 0 Å². The average molecular weight is 310 g/mol. The van der Waals surface area contributed by atoms with E-state index < -0.39 is 5.97 Å². The van der Waals surface area contributed by atoms with E-state index in [1.165, 1.54) is 23.3 Å². The van der Waals surface area contributed by atoms with Gasteiger partial charge in [-0.25, -0.2) is 4.98 Å². The third-order valence-corrected chi connectivity index (χ3v) is 4.28. The molecule has 0 spiro atoms. The predicted octanol–water partition coefficient (Wildman–Crippen LogP) is 2.51. The van der Waals surface area contributed by atoms with Crippen molar-refractivity contribution in [1.29, 1.82) is 0 Å². The summed E-state index contributed by atoms with van der Waals surface area (Å²) in [5.74, 6) is -0.691. The number of aromatic nitrogens is 1. The number of hydrogen-bond donors (Lipinski definition) is 0. The van der Waals surface area contributed by atoms with Crippen LogP contribution in [-0.2, 0) is 9.53 Å². The van der Waals surface area contributed by atoms with Crippen molar-refractivity contribution in [3.63, 3.8) is 0 Å². The van der Waals surface area contributed by atoms with Crippen LogP contribution in [0.5, 0.6) is 0 Å². The number of amides is 1. The molecule has 2 aromatic heterocycles. The molecule has 2 rings (SSSR count). The number of rotatable bonds is 5. The highest BCUT2D eigenvalue weighted by Crippen LogP contribution is 2.26. The number of methoxy groups -OCH3 is 1. The van der Waals surface area contributed by atoms with Crippen LogP contribution in [0.4, 0.5) is 0 Å². The first-order valence-electron chi connectivity index (χ1n) is 6.00. The summed E-state index contributed by atoms with van der Waals surface area (Å²) in [7, 11) is 1.30. The summed E-state index contributed by atoms with van der Waals surface area (Å²) >= 11 is 3.00. The number of carbonyl (C=O) groups is 2. The van der Waals surface area contributed by atoms with Gasteiger partial charge in [-0.05, 0) is 18.4 Å². The molecule has 0 saturated heterocycles. The molecule has 0 fully saturated rings. The lowest BCUT2D eigenvalue weighted by Gasteiger charge is -2.17. The highest BCUT2D eigenvalue weighted by molar-refractivity contribution is 7.14. The van der Waals surface area contributed by atoms with Crippen LogP contribution in [0.3, 0.4) is 0 Å². The number of thiophene rings is 1. The Morgan fingerprint density at radius 1 is 1.40 bits per heavy atom. The molecule has 106 valence electrons. The van der Waals surface area contributed by atoms with E-state index in [1.54, 1.807) is 16.7 Å². The normalized spacial score (nSPS) is 10.3. The summed E-state index contributed by atoms with van der Waals surface area (Å²) in [6.07, 6.45) is 0. The molecular formula is C13H14N2O3S2. The summed E-state index contributed by atoms with van der Waals surface area (Å²) in [5, 5.41) is 6.48. The molecule has 7 heteroatoms. The zero-order chi connectivity index (χ0) is 14.5. The predicted molar refractivity (Wildman–Crippen MR) is 79.0 cm³/mol. The van der Waals surface area contributed by atoms with Crippen molar-refractivity contribution in [3.8, 4) is 10.6 Å². The Kier molecular flexibility index (Phi) is 4.86. The van der Waals surface area contributed by atoms with E-state index in [9.17, 15) is 9.59 Å². The van der Waals surface area contributed by atoms with Crippen LogP contribution in [0, 0.1) is 0 Å². The molecule has 0 aliphatic rings. The van der Waals surface area contributed by atoms with Crippen molar-refractivity contribution in [1.82, 2.24) is 9.88 Å². The molecule has 0 saturated carbocycles. The number of carbonyl (C=O) groups excluding carboxylic acids is 2. The maximum absolute atomic E-state index is 12.3. The van der Waals surface area contributed by atoms with Crippen LogP contribution in [0.2, 0.25) is 0 Å². The Morgan fingerprint density at radius 2 is 2.20 bits per heavy atom. The van der Waals surface area contributed by atoms with Crippen molar-refractivity contribution in [2.45, 2.75) is 6.92 Å². The molecule has 0 aliphatic heterocycles. The quantitative estimate of drug-likeness (QED) is 0.796. The Hall–Kier alpha value is -1.73. The SMILES string of the molecule is CCN(CC(=O)OC)C(=O)c1csc(-c2ccsc2)n1. The molecular weight excluding hydrogens is 296 g/mol. The third-order valence-electron chi connectivity index (χ3n) is 2.71. The van der Waals surface area contributed by atoms with E-state index in [2.05, 4.69) is 9.72 Å². The summed E-state index contributed by atoms with van der Waals surface area (Å²) in [6, 6.07) is 1.96. The fourth-order valence-electron chi connectivity index (χ4n) is 1.60. The fraction of sp³-hybridized carbons (Fsp3) is 0.308. The molecule has 2 heterocycles. The van der Waals surface area contributed by atoms with E-state index in [4.69, 9.17) is 0 Å². The number of esters is 1. The first-order valence-corrected chi connectivity index (χ1v) is 7.82. The molecule has 0 bridgehead atoms. The number of likely N-dealkylation sites (N-methyl/N-ethyl adjacent to an activating group) is 1. The van der Waals surface area contributed by atoms with E-state index in [0.29, 0.717) is 12.2 Å². The zero-order valence-electron chi connectivity index (χ0n) is 11.2. The maximum atomic E-state index is 12.3. The van der Waals surface area contributed by atoms with Gasteiger partial charge in [-0.2, -0.15) is 11.3 Å². The van der Waals surface area contributed by atoms with Crippen LogP contribution in [0.15, 0.2) is 22.2 Å². The molecule has 0 aliphatic carbocycles. The lowest BCUT2D eigenvalue weighted by molar-refractivity contribution is -0.141. The lowest BCUT2D eigenvalue weighted by Crippen LogP contribution is -2.36. The van der Waals surface area contributed by atoms with Crippen LogP contribution < -0.4 is 0 Å². The number of ether oxygens (including phenoxy) is 1. The minimum atomic E-state index is -0.437. The minimum Gasteiger partial charge on any atom is -0.468 e. The standard InChI is InChI=1S/C13H14N2O3S2/c1-3-15(6-11(16)18-2)13(17)10-8-20-12(14-10)9-4-5-19-7-9/h4-5,7-8H,3,6H2,1-2H3. The minimum absolute atomic E-state index is 0.0584. The number of nitrogens with zero attached hydrogens (tertiary/aromatic N) is 2. The van der Waals surface area contributed by atoms with Gasteiger partial charge < -0.3 is 9.64 Å². The molecule has 0 N–H and O–H groups in total. The summed E-state index contributed by atoms with van der Waals surface area (Å²) in [4.78, 5) is 29.3. The number of thiazole rings is 1. The topological polar surface area (TPSA) is 59.5 Å². The Labute approximate surface area is 124 Å². The molecule has 1 amide bonds. The van der Waals surface area contributed by atoms with Gasteiger partial charge in [0.1, 0.15) is 17.2 Å². The zero-order valence-corrected chi connectivity index (χ0v) is 12.8. The third kappa shape index (κ3) is 3.23. The van der Waals surface area contributed by atoms with Crippen molar-refractivity contribution >= 4 is 34.6 Å². The Bertz CT molecular complexity index is 593. The summed E-state index contributed by atoms with van der Waals surface area (Å²) < 4.78 is 4.58. The van der Waals surface area contributed by atoms with Crippen LogP contribution in [-0.4, -0.2) is 42.0 Å². The molecule has 0 aromatic carbocycles. The highest BCUT2D eigenvalue weighted by Gasteiger charge is 2.20. The molecule has 20 heavy (non-hydrogen) atoms. The average Bonchev–Trinajstić information content (AvgIpc) is 3.13. The van der Waals surface area contributed by atoms with Crippen molar-refractivity contribution in [2.75, 3.05) is 20.2 Å². The summed E-state index contributed by atoms with van der Waals surface area (Å²) in [6.45, 7) is 2.18. The van der Waals surface area contributed by atoms with Crippen molar-refractivity contribution in [2.24, 2.45) is 0 Å². The Morgan fingerprint density at radius 3 is 2.80 bits per heavy atom. The van der Waals surface area contributed by atoms with E-state index in [-0.39, 0.29) is 12.5 Å². The van der Waals surface area contributed by atoms with Gasteiger partial charge in [0.25, 0.3) is 5.91 Å². The second-order valence-electron chi connectivity index (χ2n) is 3.95. The fourth-order valence-corrected chi connectivity index (χ4v) is 3.11. The second kappa shape index (κ2) is 6.62. The van der Waals surface area contributed by atoms with E-state index >= 15 is 0 Å². The lowest BCUT2D eigenvalue weighted by atomic mass is 10.3. The van der Waals surface area contributed by atoms with Gasteiger partial charge in [0.05, 0.1) is 7.11 Å². The Balaban J connectivity index is 2.14. The maximum Gasteiger partial charge on any atom is 0.325 e. The van der Waals surface area contributed by atoms with Crippen molar-refractivity contribution < 1.29 is 14.3 Å². The number of hydrogen-bond acceptors (Lipinski definition) is 6. The molecule has 2 aromatic rings. The summed E-state index contributed by atoms with van der Waals surface area (Å²) in [5.41, 5.74) is 1.37. The first-order chi connectivity index (χ1) is 9.65. The van der Waals surface area contributed by atoms with Gasteiger partial charge in [-0.1, -0.05) is 0 Å². The van der Waals surface area contributed by atoms with Gasteiger partial charge in [0, 0.05) is 22.9 Å². The molecule has 0 unspecified atom stereocenters. The van der Waals surface area contributed by atoms with Crippen LogP contribution in [0.25, 0.3) is 10.6 Å². The first kappa shape index (κ1) is 14.7.